The monoisotopic (exact) mass is 392 g/mol. The van der Waals surface area contributed by atoms with E-state index in [9.17, 15) is 4.79 Å². The third kappa shape index (κ3) is 23.0. The van der Waals surface area contributed by atoms with Gasteiger partial charge in [0, 0.05) is 13.0 Å². The first-order chi connectivity index (χ1) is 13.8. The van der Waals surface area contributed by atoms with E-state index in [1.54, 1.807) is 0 Å². The molecule has 0 aliphatic carbocycles. The average molecular weight is 393 g/mol. The zero-order chi connectivity index (χ0) is 20.5. The van der Waals surface area contributed by atoms with Crippen molar-refractivity contribution in [2.75, 3.05) is 19.6 Å². The average Bonchev–Trinajstić information content (AvgIpc) is 2.70. The van der Waals surface area contributed by atoms with E-state index >= 15 is 0 Å². The smallest absolute Gasteiger partial charge is 0.219 e. The van der Waals surface area contributed by atoms with Crippen LogP contribution in [-0.2, 0) is 4.79 Å². The molecule has 2 N–H and O–H groups in total. The molecule has 0 saturated heterocycles. The van der Waals surface area contributed by atoms with E-state index in [0.29, 0.717) is 6.42 Å². The molecule has 28 heavy (non-hydrogen) atoms. The molecule has 164 valence electrons. The number of unbranched alkanes of at least 4 members (excludes halogenated alkanes) is 9. The molecule has 0 bridgehead atoms. The van der Waals surface area contributed by atoms with Crippen LogP contribution in [0.3, 0.4) is 0 Å². The normalized spacial score (nSPS) is 11.6. The third-order valence-corrected chi connectivity index (χ3v) is 4.91. The lowest BCUT2D eigenvalue weighted by Gasteiger charge is -2.06. The van der Waals surface area contributed by atoms with Crippen LogP contribution in [-0.4, -0.2) is 25.5 Å². The molecule has 0 atom stereocenters. The number of carbonyl (C=O) groups excluding carboxylic acids is 1. The van der Waals surface area contributed by atoms with Gasteiger partial charge in [0.25, 0.3) is 0 Å². The van der Waals surface area contributed by atoms with Gasteiger partial charge in [-0.15, -0.1) is 0 Å². The summed E-state index contributed by atoms with van der Waals surface area (Å²) in [6.07, 6.45) is 26.9. The second-order valence-electron chi connectivity index (χ2n) is 7.79. The predicted molar refractivity (Wildman–Crippen MR) is 125 cm³/mol. The molecular formula is C25H48N2O. The van der Waals surface area contributed by atoms with Crippen LogP contribution < -0.4 is 10.6 Å². The summed E-state index contributed by atoms with van der Waals surface area (Å²) in [6, 6.07) is 0. The van der Waals surface area contributed by atoms with Crippen molar-refractivity contribution < 1.29 is 4.79 Å². The highest BCUT2D eigenvalue weighted by molar-refractivity contribution is 5.75. The van der Waals surface area contributed by atoms with Crippen LogP contribution >= 0.6 is 0 Å². The van der Waals surface area contributed by atoms with Crippen LogP contribution in [0.2, 0.25) is 0 Å². The summed E-state index contributed by atoms with van der Waals surface area (Å²) in [7, 11) is 0. The molecule has 0 heterocycles. The van der Waals surface area contributed by atoms with Crippen molar-refractivity contribution >= 4 is 5.91 Å². The molecule has 1 amide bonds. The standard InChI is InChI=1S/C25H48N2O/c1-3-5-7-8-9-10-11-12-13-14-15-16-17-18-19-21-25(28)27-24-20-23-26-22-6-4-2/h9-10,12-13,26H,3-8,11,14-24H2,1-2H3,(H,27,28)/b10-9-,13-12-. The highest BCUT2D eigenvalue weighted by Gasteiger charge is 2.00. The summed E-state index contributed by atoms with van der Waals surface area (Å²) in [5.74, 6) is 0.222. The molecule has 0 aromatic carbocycles. The van der Waals surface area contributed by atoms with Gasteiger partial charge in [0.15, 0.2) is 0 Å². The Kier molecular flexibility index (Phi) is 23.0. The van der Waals surface area contributed by atoms with Gasteiger partial charge in [0.1, 0.15) is 0 Å². The Hall–Kier alpha value is -1.09. The van der Waals surface area contributed by atoms with Crippen molar-refractivity contribution in [3.8, 4) is 0 Å². The van der Waals surface area contributed by atoms with E-state index in [-0.39, 0.29) is 5.91 Å². The Morgan fingerprint density at radius 2 is 1.25 bits per heavy atom. The molecule has 0 aromatic rings. The van der Waals surface area contributed by atoms with Gasteiger partial charge in [-0.2, -0.15) is 0 Å². The number of allylic oxidation sites excluding steroid dienone is 4. The summed E-state index contributed by atoms with van der Waals surface area (Å²) in [5.41, 5.74) is 0. The molecule has 0 rings (SSSR count). The highest BCUT2D eigenvalue weighted by Crippen LogP contribution is 2.08. The number of amides is 1. The first kappa shape index (κ1) is 26.9. The topological polar surface area (TPSA) is 41.1 Å². The van der Waals surface area contributed by atoms with Gasteiger partial charge in [-0.3, -0.25) is 4.79 Å². The van der Waals surface area contributed by atoms with Crippen LogP contribution in [0.1, 0.15) is 110 Å². The number of nitrogens with one attached hydrogen (secondary N) is 2. The Labute approximate surface area is 175 Å². The van der Waals surface area contributed by atoms with Crippen LogP contribution in [0.15, 0.2) is 24.3 Å². The molecule has 0 aliphatic rings. The summed E-state index contributed by atoms with van der Waals surface area (Å²) in [4.78, 5) is 11.8. The minimum atomic E-state index is 0.222. The van der Waals surface area contributed by atoms with E-state index in [0.717, 1.165) is 38.9 Å². The van der Waals surface area contributed by atoms with Gasteiger partial charge in [-0.05, 0) is 64.5 Å². The lowest BCUT2D eigenvalue weighted by molar-refractivity contribution is -0.121. The maximum absolute atomic E-state index is 11.8. The van der Waals surface area contributed by atoms with Crippen molar-refractivity contribution in [1.82, 2.24) is 10.6 Å². The fraction of sp³-hybridized carbons (Fsp3) is 0.800. The lowest BCUT2D eigenvalue weighted by Crippen LogP contribution is -2.27. The lowest BCUT2D eigenvalue weighted by atomic mass is 10.1. The third-order valence-electron chi connectivity index (χ3n) is 4.91. The second kappa shape index (κ2) is 23.9. The number of hydrogen-bond acceptors (Lipinski definition) is 2. The first-order valence-corrected chi connectivity index (χ1v) is 12.1. The second-order valence-corrected chi connectivity index (χ2v) is 7.79. The highest BCUT2D eigenvalue weighted by atomic mass is 16.1. The first-order valence-electron chi connectivity index (χ1n) is 12.1. The van der Waals surface area contributed by atoms with Gasteiger partial charge in [0.2, 0.25) is 5.91 Å². The zero-order valence-corrected chi connectivity index (χ0v) is 18.9. The summed E-state index contributed by atoms with van der Waals surface area (Å²) < 4.78 is 0. The molecule has 0 radical (unpaired) electrons. The van der Waals surface area contributed by atoms with Gasteiger partial charge < -0.3 is 10.6 Å². The minimum absolute atomic E-state index is 0.222. The van der Waals surface area contributed by atoms with Crippen molar-refractivity contribution in [2.24, 2.45) is 0 Å². The molecule has 0 unspecified atom stereocenters. The molecule has 0 fully saturated rings. The van der Waals surface area contributed by atoms with Crippen molar-refractivity contribution in [2.45, 2.75) is 110 Å². The SMILES string of the molecule is CCCCC/C=C\C/C=C\CCCCCCCC(=O)NCCCNCCCC. The summed E-state index contributed by atoms with van der Waals surface area (Å²) in [5, 5.41) is 6.43. The largest absolute Gasteiger partial charge is 0.356 e. The van der Waals surface area contributed by atoms with Gasteiger partial charge >= 0.3 is 0 Å². The molecular weight excluding hydrogens is 344 g/mol. The number of rotatable bonds is 21. The van der Waals surface area contributed by atoms with Crippen LogP contribution in [0.25, 0.3) is 0 Å². The van der Waals surface area contributed by atoms with Crippen molar-refractivity contribution in [1.29, 1.82) is 0 Å². The maximum atomic E-state index is 11.8. The van der Waals surface area contributed by atoms with Crippen molar-refractivity contribution in [3.63, 3.8) is 0 Å². The molecule has 0 spiro atoms. The zero-order valence-electron chi connectivity index (χ0n) is 18.9. The van der Waals surface area contributed by atoms with E-state index in [1.165, 1.54) is 70.6 Å². The van der Waals surface area contributed by atoms with Gasteiger partial charge in [0.05, 0.1) is 0 Å². The number of hydrogen-bond donors (Lipinski definition) is 2. The van der Waals surface area contributed by atoms with Crippen LogP contribution in [0.4, 0.5) is 0 Å². The molecule has 3 heteroatoms. The van der Waals surface area contributed by atoms with Crippen LogP contribution in [0.5, 0.6) is 0 Å². The molecule has 0 saturated carbocycles. The Morgan fingerprint density at radius 1 is 0.643 bits per heavy atom. The minimum Gasteiger partial charge on any atom is -0.356 e. The van der Waals surface area contributed by atoms with Crippen molar-refractivity contribution in [3.05, 3.63) is 24.3 Å². The summed E-state index contributed by atoms with van der Waals surface area (Å²) in [6.45, 7) is 7.35. The fourth-order valence-corrected chi connectivity index (χ4v) is 3.05. The molecule has 0 aromatic heterocycles. The Bertz CT molecular complexity index is 377. The maximum Gasteiger partial charge on any atom is 0.219 e. The Morgan fingerprint density at radius 3 is 1.96 bits per heavy atom. The van der Waals surface area contributed by atoms with E-state index in [4.69, 9.17) is 0 Å². The predicted octanol–water partition coefficient (Wildman–Crippen LogP) is 6.70. The summed E-state index contributed by atoms with van der Waals surface area (Å²) >= 11 is 0. The van der Waals surface area contributed by atoms with Crippen LogP contribution in [0, 0.1) is 0 Å². The quantitative estimate of drug-likeness (QED) is 0.169. The van der Waals surface area contributed by atoms with Gasteiger partial charge in [-0.25, -0.2) is 0 Å². The molecule has 0 aliphatic heterocycles. The molecule has 3 nitrogen and oxygen atoms in total. The van der Waals surface area contributed by atoms with E-state index in [2.05, 4.69) is 48.8 Å². The van der Waals surface area contributed by atoms with Gasteiger partial charge in [-0.1, -0.05) is 76.7 Å². The van der Waals surface area contributed by atoms with E-state index in [1.807, 2.05) is 0 Å². The number of carbonyl (C=O) groups is 1. The fourth-order valence-electron chi connectivity index (χ4n) is 3.05. The van der Waals surface area contributed by atoms with E-state index < -0.39 is 0 Å². The Balaban J connectivity index is 3.25.